The molecule has 0 amide bonds. The van der Waals surface area contributed by atoms with Crippen molar-refractivity contribution < 1.29 is 19.0 Å². The van der Waals surface area contributed by atoms with Crippen LogP contribution < -0.4 is 4.74 Å². The van der Waals surface area contributed by atoms with Crippen molar-refractivity contribution in [3.8, 4) is 16.9 Å². The number of ether oxygens (including phenoxy) is 1. The second kappa shape index (κ2) is 11.6. The van der Waals surface area contributed by atoms with E-state index in [9.17, 15) is 9.90 Å². The van der Waals surface area contributed by atoms with Crippen LogP contribution in [0.3, 0.4) is 0 Å². The number of benzene rings is 3. The Morgan fingerprint density at radius 1 is 1.00 bits per heavy atom. The standard InChI is InChI=1S/C34H37FN4O3/c1-4-28-31-27(36-38(28)3)21-37(2)18-7-8-19-39-32-25(16-17-26(35)30(31)32)24(33(39)34(40)41)14-10-20-42-29-15-9-12-22-11-5-6-13-23(22)29/h5-6,9,11-13,15-17H,4,7-8,10,14,18-21H2,1-3H3,(H,40,41). The minimum Gasteiger partial charge on any atom is -0.493 e. The molecule has 0 aliphatic carbocycles. The van der Waals surface area contributed by atoms with Crippen LogP contribution in [0.1, 0.15) is 53.6 Å². The fourth-order valence-electron chi connectivity index (χ4n) is 6.62. The number of nitrogens with zero attached hydrogens (tertiary/aromatic N) is 4. The highest BCUT2D eigenvalue weighted by Crippen LogP contribution is 2.41. The molecule has 0 radical (unpaired) electrons. The van der Waals surface area contributed by atoms with Crippen LogP contribution in [0.25, 0.3) is 32.8 Å². The van der Waals surface area contributed by atoms with Crippen molar-refractivity contribution in [1.82, 2.24) is 19.2 Å². The van der Waals surface area contributed by atoms with Crippen LogP contribution in [0, 0.1) is 5.82 Å². The number of hydrogen-bond acceptors (Lipinski definition) is 4. The van der Waals surface area contributed by atoms with Gasteiger partial charge in [0.15, 0.2) is 0 Å². The van der Waals surface area contributed by atoms with Gasteiger partial charge < -0.3 is 19.3 Å². The summed E-state index contributed by atoms with van der Waals surface area (Å²) in [5.41, 5.74) is 4.65. The lowest BCUT2D eigenvalue weighted by Gasteiger charge is -2.16. The molecule has 0 atom stereocenters. The Balaban J connectivity index is 1.44. The van der Waals surface area contributed by atoms with Crippen LogP contribution >= 0.6 is 0 Å². The average Bonchev–Trinajstić information content (AvgIpc) is 3.45. The van der Waals surface area contributed by atoms with Gasteiger partial charge >= 0.3 is 5.97 Å². The Labute approximate surface area is 245 Å². The molecule has 218 valence electrons. The third-order valence-electron chi connectivity index (χ3n) is 8.47. The van der Waals surface area contributed by atoms with Gasteiger partial charge in [0.25, 0.3) is 0 Å². The topological polar surface area (TPSA) is 72.5 Å². The Morgan fingerprint density at radius 2 is 1.79 bits per heavy atom. The first kappa shape index (κ1) is 28.0. The predicted molar refractivity (Wildman–Crippen MR) is 164 cm³/mol. The molecule has 7 nitrogen and oxygen atoms in total. The average molecular weight is 569 g/mol. The number of halogens is 1. The Hall–Kier alpha value is -4.17. The van der Waals surface area contributed by atoms with E-state index in [-0.39, 0.29) is 11.5 Å². The van der Waals surface area contributed by atoms with Crippen LogP contribution in [-0.2, 0) is 33.0 Å². The SMILES string of the molecule is CCc1c2c(nn1C)CN(C)CCCCn1c(C(=O)O)c(CCCOc3cccc4ccccc34)c3ccc(F)c-2c31. The number of hydrogen-bond donors (Lipinski definition) is 1. The van der Waals surface area contributed by atoms with E-state index in [2.05, 4.69) is 24.1 Å². The van der Waals surface area contributed by atoms with Gasteiger partial charge in [-0.1, -0.05) is 43.3 Å². The number of aryl methyl sites for hydroxylation is 3. The maximum atomic E-state index is 16.0. The van der Waals surface area contributed by atoms with Crippen LogP contribution in [0.2, 0.25) is 0 Å². The first-order chi connectivity index (χ1) is 20.4. The van der Waals surface area contributed by atoms with Gasteiger partial charge in [-0.05, 0) is 74.8 Å². The van der Waals surface area contributed by atoms with Gasteiger partial charge in [0.05, 0.1) is 17.8 Å². The monoisotopic (exact) mass is 568 g/mol. The third kappa shape index (κ3) is 4.94. The van der Waals surface area contributed by atoms with E-state index < -0.39 is 5.97 Å². The Bertz CT molecular complexity index is 1780. The van der Waals surface area contributed by atoms with Gasteiger partial charge in [0.1, 0.15) is 17.3 Å². The normalized spacial score (nSPS) is 14.2. The van der Waals surface area contributed by atoms with Gasteiger partial charge in [-0.15, -0.1) is 0 Å². The van der Waals surface area contributed by atoms with Crippen LogP contribution in [0.4, 0.5) is 4.39 Å². The van der Waals surface area contributed by atoms with Crippen LogP contribution in [0.5, 0.6) is 5.75 Å². The molecule has 8 heteroatoms. The second-order valence-electron chi connectivity index (χ2n) is 11.2. The zero-order valence-electron chi connectivity index (χ0n) is 24.5. The molecular weight excluding hydrogens is 531 g/mol. The molecule has 6 rings (SSSR count). The van der Waals surface area contributed by atoms with Gasteiger partial charge in [-0.2, -0.15) is 5.10 Å². The fourth-order valence-corrected chi connectivity index (χ4v) is 6.62. The largest absolute Gasteiger partial charge is 0.493 e. The summed E-state index contributed by atoms with van der Waals surface area (Å²) in [6, 6.07) is 17.3. The van der Waals surface area contributed by atoms with Crippen molar-refractivity contribution in [2.45, 2.75) is 52.1 Å². The zero-order chi connectivity index (χ0) is 29.4. The zero-order valence-corrected chi connectivity index (χ0v) is 24.5. The molecule has 0 saturated carbocycles. The first-order valence-corrected chi connectivity index (χ1v) is 14.8. The summed E-state index contributed by atoms with van der Waals surface area (Å²) in [5.74, 6) is -0.527. The molecule has 1 aliphatic rings. The van der Waals surface area contributed by atoms with Crippen molar-refractivity contribution in [2.24, 2.45) is 7.05 Å². The number of fused-ring (bicyclic) bond motifs is 3. The van der Waals surface area contributed by atoms with Gasteiger partial charge in [-0.25, -0.2) is 9.18 Å². The highest BCUT2D eigenvalue weighted by atomic mass is 19.1. The molecule has 1 N–H and O–H groups in total. The summed E-state index contributed by atoms with van der Waals surface area (Å²) < 4.78 is 25.9. The van der Waals surface area contributed by atoms with Crippen molar-refractivity contribution >= 4 is 27.6 Å². The first-order valence-electron chi connectivity index (χ1n) is 14.8. The van der Waals surface area contributed by atoms with E-state index >= 15 is 4.39 Å². The number of carboxylic acid groups (broad SMARTS) is 1. The number of carboxylic acids is 1. The van der Waals surface area contributed by atoms with E-state index in [1.165, 1.54) is 6.07 Å². The Kier molecular flexibility index (Phi) is 7.73. The maximum absolute atomic E-state index is 16.0. The summed E-state index contributed by atoms with van der Waals surface area (Å²) in [6.07, 6.45) is 3.50. The van der Waals surface area contributed by atoms with E-state index in [0.717, 1.165) is 63.8 Å². The lowest BCUT2D eigenvalue weighted by atomic mass is 9.96. The fraction of sp³-hybridized carbons (Fsp3) is 0.353. The summed E-state index contributed by atoms with van der Waals surface area (Å²) in [7, 11) is 3.96. The van der Waals surface area contributed by atoms with Crippen molar-refractivity contribution in [2.75, 3.05) is 20.2 Å². The number of rotatable bonds is 7. The van der Waals surface area contributed by atoms with Crippen LogP contribution in [0.15, 0.2) is 54.6 Å². The molecular formula is C34H37FN4O3. The number of carbonyl (C=O) groups is 1. The lowest BCUT2D eigenvalue weighted by Crippen LogP contribution is -2.20. The molecule has 0 spiro atoms. The lowest BCUT2D eigenvalue weighted by molar-refractivity contribution is 0.0684. The molecule has 3 heterocycles. The van der Waals surface area contributed by atoms with Crippen LogP contribution in [-0.4, -0.2) is 50.5 Å². The molecule has 0 bridgehead atoms. The molecule has 0 saturated heterocycles. The molecule has 0 fully saturated rings. The van der Waals surface area contributed by atoms with Crippen molar-refractivity contribution in [1.29, 1.82) is 0 Å². The van der Waals surface area contributed by atoms with Gasteiger partial charge in [0, 0.05) is 47.7 Å². The Morgan fingerprint density at radius 3 is 2.60 bits per heavy atom. The van der Waals surface area contributed by atoms with Gasteiger partial charge in [-0.3, -0.25) is 4.68 Å². The van der Waals surface area contributed by atoms with E-state index in [4.69, 9.17) is 9.84 Å². The summed E-state index contributed by atoms with van der Waals surface area (Å²) in [5, 5.41) is 18.3. The highest BCUT2D eigenvalue weighted by molar-refractivity contribution is 6.04. The quantitative estimate of drug-likeness (QED) is 0.218. The molecule has 2 aromatic heterocycles. The summed E-state index contributed by atoms with van der Waals surface area (Å²) in [4.78, 5) is 15.1. The molecule has 3 aromatic carbocycles. The number of aromatic nitrogens is 3. The summed E-state index contributed by atoms with van der Waals surface area (Å²) >= 11 is 0. The van der Waals surface area contributed by atoms with Gasteiger partial charge in [0.2, 0.25) is 0 Å². The minimum atomic E-state index is -0.989. The third-order valence-corrected chi connectivity index (χ3v) is 8.47. The minimum absolute atomic E-state index is 0.248. The molecule has 5 aromatic rings. The summed E-state index contributed by atoms with van der Waals surface area (Å²) in [6.45, 7) is 4.44. The molecule has 1 aliphatic heterocycles. The van der Waals surface area contributed by atoms with E-state index in [1.54, 1.807) is 6.07 Å². The van der Waals surface area contributed by atoms with Crippen molar-refractivity contribution in [3.05, 3.63) is 83.1 Å². The maximum Gasteiger partial charge on any atom is 0.352 e. The second-order valence-corrected chi connectivity index (χ2v) is 11.2. The molecule has 42 heavy (non-hydrogen) atoms. The molecule has 0 unspecified atom stereocenters. The van der Waals surface area contributed by atoms with E-state index in [1.807, 2.05) is 53.6 Å². The smallest absolute Gasteiger partial charge is 0.352 e. The number of aromatic carboxylic acids is 1. The van der Waals surface area contributed by atoms with Crippen molar-refractivity contribution in [3.63, 3.8) is 0 Å². The van der Waals surface area contributed by atoms with E-state index in [0.29, 0.717) is 50.0 Å². The predicted octanol–water partition coefficient (Wildman–Crippen LogP) is 6.83. The highest BCUT2D eigenvalue weighted by Gasteiger charge is 2.30.